The van der Waals surface area contributed by atoms with E-state index in [0.29, 0.717) is 9.13 Å². The molecule has 1 aromatic rings. The van der Waals surface area contributed by atoms with E-state index in [0.717, 1.165) is 6.07 Å². The Morgan fingerprint density at radius 2 is 2.12 bits per heavy atom. The van der Waals surface area contributed by atoms with Gasteiger partial charge >= 0.3 is 6.36 Å². The maximum atomic E-state index is 12.0. The van der Waals surface area contributed by atoms with Gasteiger partial charge < -0.3 is 15.2 Å². The Morgan fingerprint density at radius 3 is 2.56 bits per heavy atom. The number of aromatic nitrogens is 1. The minimum atomic E-state index is -4.77. The molecule has 0 aliphatic rings. The molecule has 0 radical (unpaired) electrons. The lowest BCUT2D eigenvalue weighted by Gasteiger charge is -2.12. The van der Waals surface area contributed by atoms with Gasteiger partial charge in [0.25, 0.3) is 0 Å². The minimum absolute atomic E-state index is 0.0358. The van der Waals surface area contributed by atoms with Gasteiger partial charge in [-0.3, -0.25) is 0 Å². The normalized spacial score (nSPS) is 11.4. The lowest BCUT2D eigenvalue weighted by molar-refractivity contribution is -0.276. The van der Waals surface area contributed by atoms with Gasteiger partial charge in [0.2, 0.25) is 11.8 Å². The molecule has 1 rings (SSSR count). The number of halogens is 4. The van der Waals surface area contributed by atoms with Crippen molar-refractivity contribution in [2.45, 2.75) is 12.9 Å². The number of hydrogen-bond donors (Lipinski definition) is 1. The van der Waals surface area contributed by atoms with E-state index < -0.39 is 12.2 Å². The summed E-state index contributed by atoms with van der Waals surface area (Å²) in [7, 11) is 1.30. The van der Waals surface area contributed by atoms with E-state index >= 15 is 0 Å². The number of pyridine rings is 1. The first-order valence-electron chi connectivity index (χ1n) is 4.06. The van der Waals surface area contributed by atoms with Gasteiger partial charge in [-0.05, 0) is 22.6 Å². The quantitative estimate of drug-likeness (QED) is 0.850. The van der Waals surface area contributed by atoms with Gasteiger partial charge in [-0.25, -0.2) is 0 Å². The lowest BCUT2D eigenvalue weighted by atomic mass is 10.3. The highest BCUT2D eigenvalue weighted by Gasteiger charge is 2.32. The van der Waals surface area contributed by atoms with E-state index in [2.05, 4.69) is 9.72 Å². The SMILES string of the molecule is COc1nc(OC(F)(F)F)cc(I)c1CN. The first-order chi connectivity index (χ1) is 7.37. The number of alkyl halides is 3. The number of methoxy groups -OCH3 is 1. The molecule has 1 aromatic heterocycles. The highest BCUT2D eigenvalue weighted by Crippen LogP contribution is 2.28. The Kier molecular flexibility index (Phi) is 4.19. The molecule has 0 saturated carbocycles. The molecule has 0 fully saturated rings. The Morgan fingerprint density at radius 1 is 1.50 bits per heavy atom. The molecule has 0 spiro atoms. The van der Waals surface area contributed by atoms with Gasteiger partial charge in [-0.1, -0.05) is 0 Å². The second kappa shape index (κ2) is 5.04. The highest BCUT2D eigenvalue weighted by molar-refractivity contribution is 14.1. The summed E-state index contributed by atoms with van der Waals surface area (Å²) < 4.78 is 44.9. The molecule has 90 valence electrons. The van der Waals surface area contributed by atoms with Crippen molar-refractivity contribution in [3.05, 3.63) is 15.2 Å². The molecular formula is C8H8F3IN2O2. The minimum Gasteiger partial charge on any atom is -0.481 e. The molecule has 0 atom stereocenters. The molecule has 16 heavy (non-hydrogen) atoms. The zero-order valence-corrected chi connectivity index (χ0v) is 10.3. The van der Waals surface area contributed by atoms with Crippen LogP contribution in [0, 0.1) is 3.57 Å². The van der Waals surface area contributed by atoms with Crippen LogP contribution in [0.1, 0.15) is 5.56 Å². The summed E-state index contributed by atoms with van der Waals surface area (Å²) in [6, 6.07) is 1.15. The van der Waals surface area contributed by atoms with Crippen molar-refractivity contribution < 1.29 is 22.6 Å². The van der Waals surface area contributed by atoms with Crippen LogP contribution in [-0.4, -0.2) is 18.5 Å². The fourth-order valence-corrected chi connectivity index (χ4v) is 1.74. The van der Waals surface area contributed by atoms with E-state index in [-0.39, 0.29) is 12.4 Å². The lowest BCUT2D eigenvalue weighted by Crippen LogP contribution is -2.18. The molecule has 0 aliphatic carbocycles. The Balaban J connectivity index is 3.10. The van der Waals surface area contributed by atoms with Crippen LogP contribution in [-0.2, 0) is 6.54 Å². The molecule has 8 heteroatoms. The molecule has 0 amide bonds. The third kappa shape index (κ3) is 3.37. The summed E-state index contributed by atoms with van der Waals surface area (Å²) in [6.45, 7) is 0.126. The van der Waals surface area contributed by atoms with Gasteiger partial charge in [0.1, 0.15) is 0 Å². The highest BCUT2D eigenvalue weighted by atomic mass is 127. The van der Waals surface area contributed by atoms with E-state index in [4.69, 9.17) is 10.5 Å². The summed E-state index contributed by atoms with van der Waals surface area (Å²) in [6.07, 6.45) is -4.77. The largest absolute Gasteiger partial charge is 0.574 e. The van der Waals surface area contributed by atoms with Crippen molar-refractivity contribution in [3.8, 4) is 11.8 Å². The third-order valence-electron chi connectivity index (χ3n) is 1.63. The van der Waals surface area contributed by atoms with Gasteiger partial charge in [-0.15, -0.1) is 13.2 Å². The van der Waals surface area contributed by atoms with Gasteiger partial charge in [0.15, 0.2) is 0 Å². The first-order valence-corrected chi connectivity index (χ1v) is 5.14. The Labute approximate surface area is 103 Å². The van der Waals surface area contributed by atoms with Crippen molar-refractivity contribution in [2.24, 2.45) is 5.73 Å². The zero-order chi connectivity index (χ0) is 12.3. The number of nitrogens with two attached hydrogens (primary N) is 1. The van der Waals surface area contributed by atoms with Crippen molar-refractivity contribution in [1.82, 2.24) is 4.98 Å². The smallest absolute Gasteiger partial charge is 0.481 e. The predicted molar refractivity (Wildman–Crippen MR) is 58.1 cm³/mol. The maximum absolute atomic E-state index is 12.0. The number of nitrogens with zero attached hydrogens (tertiary/aromatic N) is 1. The second-order valence-electron chi connectivity index (χ2n) is 2.68. The van der Waals surface area contributed by atoms with E-state index in [1.165, 1.54) is 7.11 Å². The molecule has 0 bridgehead atoms. The molecule has 0 aliphatic heterocycles. The number of ether oxygens (including phenoxy) is 2. The third-order valence-corrected chi connectivity index (χ3v) is 2.59. The number of hydrogen-bond acceptors (Lipinski definition) is 4. The fraction of sp³-hybridized carbons (Fsp3) is 0.375. The van der Waals surface area contributed by atoms with Crippen LogP contribution < -0.4 is 15.2 Å². The molecular weight excluding hydrogens is 340 g/mol. The summed E-state index contributed by atoms with van der Waals surface area (Å²) >= 11 is 1.84. The van der Waals surface area contributed by atoms with Crippen LogP contribution in [0.3, 0.4) is 0 Å². The molecule has 0 saturated heterocycles. The van der Waals surface area contributed by atoms with E-state index in [1.807, 2.05) is 22.6 Å². The molecule has 0 unspecified atom stereocenters. The summed E-state index contributed by atoms with van der Waals surface area (Å²) in [4.78, 5) is 3.56. The van der Waals surface area contributed by atoms with Crippen molar-refractivity contribution >= 4 is 22.6 Å². The molecule has 2 N–H and O–H groups in total. The van der Waals surface area contributed by atoms with Crippen molar-refractivity contribution in [2.75, 3.05) is 7.11 Å². The summed E-state index contributed by atoms with van der Waals surface area (Å²) in [5.41, 5.74) is 5.96. The molecule has 1 heterocycles. The zero-order valence-electron chi connectivity index (χ0n) is 8.14. The van der Waals surface area contributed by atoms with E-state index in [1.54, 1.807) is 0 Å². The van der Waals surface area contributed by atoms with Crippen LogP contribution in [0.4, 0.5) is 13.2 Å². The Bertz CT molecular complexity index is 384. The average molecular weight is 348 g/mol. The predicted octanol–water partition coefficient (Wildman–Crippen LogP) is 2.05. The second-order valence-corrected chi connectivity index (χ2v) is 3.84. The van der Waals surface area contributed by atoms with Crippen LogP contribution in [0.2, 0.25) is 0 Å². The van der Waals surface area contributed by atoms with Crippen molar-refractivity contribution in [3.63, 3.8) is 0 Å². The topological polar surface area (TPSA) is 57.4 Å². The average Bonchev–Trinajstić information content (AvgIpc) is 2.14. The van der Waals surface area contributed by atoms with Crippen molar-refractivity contribution in [1.29, 1.82) is 0 Å². The molecule has 4 nitrogen and oxygen atoms in total. The Hall–Kier alpha value is -0.770. The van der Waals surface area contributed by atoms with Crippen LogP contribution in [0.15, 0.2) is 6.07 Å². The van der Waals surface area contributed by atoms with Gasteiger partial charge in [0, 0.05) is 21.7 Å². The van der Waals surface area contributed by atoms with Crippen LogP contribution >= 0.6 is 22.6 Å². The van der Waals surface area contributed by atoms with Crippen LogP contribution in [0.5, 0.6) is 11.8 Å². The van der Waals surface area contributed by atoms with Gasteiger partial charge in [0.05, 0.1) is 7.11 Å². The summed E-state index contributed by atoms with van der Waals surface area (Å²) in [5.74, 6) is -0.528. The maximum Gasteiger partial charge on any atom is 0.574 e. The van der Waals surface area contributed by atoms with Gasteiger partial charge in [-0.2, -0.15) is 4.98 Å². The standard InChI is InChI=1S/C8H8F3IN2O2/c1-15-7-4(3-13)5(12)2-6(14-7)16-8(9,10)11/h2H,3,13H2,1H3. The monoisotopic (exact) mass is 348 g/mol. The number of rotatable bonds is 3. The molecule has 0 aromatic carbocycles. The van der Waals surface area contributed by atoms with E-state index in [9.17, 15) is 13.2 Å². The van der Waals surface area contributed by atoms with Crippen LogP contribution in [0.25, 0.3) is 0 Å². The summed E-state index contributed by atoms with van der Waals surface area (Å²) in [5, 5.41) is 0. The first kappa shape index (κ1) is 13.3. The fourth-order valence-electron chi connectivity index (χ4n) is 1.02.